The molecule has 0 atom stereocenters. The highest BCUT2D eigenvalue weighted by Gasteiger charge is 2.26. The Labute approximate surface area is 426 Å². The van der Waals surface area contributed by atoms with Gasteiger partial charge in [-0.3, -0.25) is 0 Å². The molecule has 0 spiro atoms. The fourth-order valence-corrected chi connectivity index (χ4v) is 11.8. The van der Waals surface area contributed by atoms with Crippen LogP contribution < -0.4 is 0 Å². The summed E-state index contributed by atoms with van der Waals surface area (Å²) in [5.41, 5.74) is 14.9. The second-order valence-electron chi connectivity index (χ2n) is 20.4. The third-order valence-electron chi connectivity index (χ3n) is 15.1. The van der Waals surface area contributed by atoms with E-state index in [4.69, 9.17) is 15.0 Å². The molecule has 0 amide bonds. The zero-order valence-electron chi connectivity index (χ0n) is 41.1. The van der Waals surface area contributed by atoms with Crippen molar-refractivity contribution in [3.8, 4) is 45.5 Å². The lowest BCUT2D eigenvalue weighted by Gasteiger charge is -2.20. The van der Waals surface area contributed by atoms with Crippen LogP contribution in [0, 0.1) is 0 Å². The SMILES string of the molecule is CC(C)(C)c1nc(-c2ccccc2-n2c3ccccc3c3cc(-n4c5ccccc5c5ccccc54)ccc32)nc(-c2ccccc2-n2c3ccccc3c3cc(-n4c5ccccc5c5ccccc54)ccc32)n1. The van der Waals surface area contributed by atoms with Crippen LogP contribution in [0.15, 0.2) is 231 Å². The monoisotopic (exact) mass is 949 g/mol. The highest BCUT2D eigenvalue weighted by Crippen LogP contribution is 2.42. The Morgan fingerprint density at radius 1 is 0.270 bits per heavy atom. The van der Waals surface area contributed by atoms with Gasteiger partial charge in [0.2, 0.25) is 0 Å². The van der Waals surface area contributed by atoms with Crippen molar-refractivity contribution < 1.29 is 0 Å². The second-order valence-corrected chi connectivity index (χ2v) is 20.4. The Kier molecular flexibility index (Phi) is 9.08. The van der Waals surface area contributed by atoms with Gasteiger partial charge in [0.25, 0.3) is 0 Å². The van der Waals surface area contributed by atoms with E-state index in [1.54, 1.807) is 0 Å². The molecule has 0 N–H and O–H groups in total. The summed E-state index contributed by atoms with van der Waals surface area (Å²) in [5.74, 6) is 1.96. The van der Waals surface area contributed by atoms with Gasteiger partial charge in [-0.15, -0.1) is 0 Å². The molecule has 0 saturated carbocycles. The standard InChI is InChI=1S/C67H47N7/c1-67(2,3)66-69-64(50-26-10-18-34-60(50)73-58-32-16-8-24-48(58)52-40-42(36-38-62(52)73)71-54-28-12-4-20-44(54)45-21-5-13-29-55(45)71)68-65(70-66)51-27-11-19-35-61(51)74-59-33-17-9-25-49(59)53-41-43(37-39-63(53)74)72-56-30-14-6-22-46(56)47-23-7-15-31-57(47)72/h4-41H,1-3H3. The third kappa shape index (κ3) is 6.23. The van der Waals surface area contributed by atoms with Crippen molar-refractivity contribution in [3.05, 3.63) is 236 Å². The smallest absolute Gasteiger partial charge is 0.165 e. The summed E-state index contributed by atoms with van der Waals surface area (Å²) in [6, 6.07) is 83.1. The van der Waals surface area contributed by atoms with Crippen LogP contribution >= 0.6 is 0 Å². The van der Waals surface area contributed by atoms with Crippen molar-refractivity contribution in [1.29, 1.82) is 0 Å². The lowest BCUT2D eigenvalue weighted by atomic mass is 9.95. The number of hydrogen-bond acceptors (Lipinski definition) is 3. The molecule has 0 fully saturated rings. The van der Waals surface area contributed by atoms with Crippen LogP contribution in [-0.2, 0) is 5.41 Å². The first-order valence-electron chi connectivity index (χ1n) is 25.4. The van der Waals surface area contributed by atoms with Crippen molar-refractivity contribution in [1.82, 2.24) is 33.2 Å². The molecular weight excluding hydrogens is 903 g/mol. The van der Waals surface area contributed by atoms with Gasteiger partial charge in [-0.1, -0.05) is 154 Å². The van der Waals surface area contributed by atoms with Crippen LogP contribution in [0.25, 0.3) is 133 Å². The van der Waals surface area contributed by atoms with Crippen molar-refractivity contribution in [3.63, 3.8) is 0 Å². The molecule has 15 aromatic rings. The Morgan fingerprint density at radius 2 is 0.554 bits per heavy atom. The second kappa shape index (κ2) is 16.0. The molecule has 5 heterocycles. The quantitative estimate of drug-likeness (QED) is 0.167. The number of benzene rings is 10. The number of fused-ring (bicyclic) bond motifs is 12. The van der Waals surface area contributed by atoms with Gasteiger partial charge in [-0.25, -0.2) is 15.0 Å². The lowest BCUT2D eigenvalue weighted by molar-refractivity contribution is 0.543. The lowest BCUT2D eigenvalue weighted by Crippen LogP contribution is -2.18. The van der Waals surface area contributed by atoms with E-state index in [-0.39, 0.29) is 5.41 Å². The summed E-state index contributed by atoms with van der Waals surface area (Å²) in [6.07, 6.45) is 0. The number of aromatic nitrogens is 7. The van der Waals surface area contributed by atoms with E-state index < -0.39 is 0 Å². The van der Waals surface area contributed by atoms with Crippen LogP contribution in [-0.4, -0.2) is 33.2 Å². The molecule has 10 aromatic carbocycles. The Bertz CT molecular complexity index is 4380. The van der Waals surface area contributed by atoms with Crippen LogP contribution in [0.4, 0.5) is 0 Å². The minimum atomic E-state index is -0.386. The van der Waals surface area contributed by atoms with Crippen LogP contribution in [0.2, 0.25) is 0 Å². The van der Waals surface area contributed by atoms with E-state index in [0.29, 0.717) is 11.6 Å². The van der Waals surface area contributed by atoms with Gasteiger partial charge >= 0.3 is 0 Å². The summed E-state index contributed by atoms with van der Waals surface area (Å²) >= 11 is 0. The van der Waals surface area contributed by atoms with Gasteiger partial charge in [0.15, 0.2) is 11.6 Å². The van der Waals surface area contributed by atoms with Crippen molar-refractivity contribution in [2.75, 3.05) is 0 Å². The third-order valence-corrected chi connectivity index (χ3v) is 15.1. The van der Waals surface area contributed by atoms with Gasteiger partial charge in [-0.2, -0.15) is 0 Å². The normalized spacial score (nSPS) is 12.3. The van der Waals surface area contributed by atoms with E-state index in [2.05, 4.69) is 270 Å². The molecule has 7 heteroatoms. The molecule has 74 heavy (non-hydrogen) atoms. The van der Waals surface area contributed by atoms with Crippen molar-refractivity contribution >= 4 is 87.2 Å². The average Bonchev–Trinajstić information content (AvgIpc) is 4.19. The molecule has 0 saturated heterocycles. The highest BCUT2D eigenvalue weighted by molar-refractivity contribution is 6.14. The number of nitrogens with zero attached hydrogens (tertiary/aromatic N) is 7. The average molecular weight is 950 g/mol. The van der Waals surface area contributed by atoms with Crippen LogP contribution in [0.1, 0.15) is 26.6 Å². The van der Waals surface area contributed by atoms with Gasteiger partial charge in [0.05, 0.1) is 55.5 Å². The van der Waals surface area contributed by atoms with Gasteiger partial charge < -0.3 is 18.3 Å². The molecule has 0 unspecified atom stereocenters. The van der Waals surface area contributed by atoms with Crippen molar-refractivity contribution in [2.45, 2.75) is 26.2 Å². The first-order valence-corrected chi connectivity index (χ1v) is 25.4. The number of rotatable bonds is 6. The first-order chi connectivity index (χ1) is 36.4. The zero-order chi connectivity index (χ0) is 49.2. The van der Waals surface area contributed by atoms with E-state index in [1.165, 1.54) is 65.2 Å². The molecule has 0 bridgehead atoms. The minimum Gasteiger partial charge on any atom is -0.309 e. The minimum absolute atomic E-state index is 0.386. The predicted octanol–water partition coefficient (Wildman–Crippen LogP) is 16.9. The first kappa shape index (κ1) is 42.1. The topological polar surface area (TPSA) is 58.4 Å². The molecule has 350 valence electrons. The molecule has 0 radical (unpaired) electrons. The highest BCUT2D eigenvalue weighted by atomic mass is 15.1. The number of hydrogen-bond donors (Lipinski definition) is 0. The molecule has 0 aliphatic heterocycles. The Morgan fingerprint density at radius 3 is 0.905 bits per heavy atom. The summed E-state index contributed by atoms with van der Waals surface area (Å²) in [7, 11) is 0. The zero-order valence-corrected chi connectivity index (χ0v) is 41.1. The molecular formula is C67H47N7. The molecule has 0 aliphatic rings. The Hall–Kier alpha value is -9.59. The van der Waals surface area contributed by atoms with Gasteiger partial charge in [-0.05, 0) is 97.1 Å². The molecule has 15 rings (SSSR count). The largest absolute Gasteiger partial charge is 0.309 e. The molecule has 7 nitrogen and oxygen atoms in total. The maximum absolute atomic E-state index is 5.50. The van der Waals surface area contributed by atoms with Crippen molar-refractivity contribution in [2.24, 2.45) is 0 Å². The maximum Gasteiger partial charge on any atom is 0.165 e. The fraction of sp³-hybridized carbons (Fsp3) is 0.0597. The van der Waals surface area contributed by atoms with E-state index in [1.807, 2.05) is 0 Å². The summed E-state index contributed by atoms with van der Waals surface area (Å²) in [4.78, 5) is 16.2. The van der Waals surface area contributed by atoms with Gasteiger partial charge in [0, 0.05) is 71.0 Å². The van der Waals surface area contributed by atoms with E-state index >= 15 is 0 Å². The molecule has 0 aliphatic carbocycles. The predicted molar refractivity (Wildman–Crippen MR) is 307 cm³/mol. The number of para-hydroxylation sites is 8. The summed E-state index contributed by atoms with van der Waals surface area (Å²) in [5, 5.41) is 9.67. The van der Waals surface area contributed by atoms with E-state index in [0.717, 1.165) is 61.8 Å². The Balaban J connectivity index is 0.909. The summed E-state index contributed by atoms with van der Waals surface area (Å²) < 4.78 is 9.56. The van der Waals surface area contributed by atoms with Crippen LogP contribution in [0.3, 0.4) is 0 Å². The summed E-state index contributed by atoms with van der Waals surface area (Å²) in [6.45, 7) is 6.53. The van der Waals surface area contributed by atoms with Crippen LogP contribution in [0.5, 0.6) is 0 Å². The van der Waals surface area contributed by atoms with E-state index in [9.17, 15) is 0 Å². The maximum atomic E-state index is 5.50. The van der Waals surface area contributed by atoms with Gasteiger partial charge in [0.1, 0.15) is 5.82 Å². The molecule has 5 aromatic heterocycles. The fourth-order valence-electron chi connectivity index (χ4n) is 11.8.